The zero-order chi connectivity index (χ0) is 15.3. The van der Waals surface area contributed by atoms with E-state index in [0.717, 1.165) is 47.1 Å². The van der Waals surface area contributed by atoms with Crippen LogP contribution in [-0.4, -0.2) is 18.0 Å². The molecule has 0 saturated carbocycles. The Morgan fingerprint density at radius 1 is 1.23 bits per heavy atom. The van der Waals surface area contributed by atoms with E-state index in [1.807, 2.05) is 12.1 Å². The molecule has 1 atom stereocenters. The normalized spacial score (nSPS) is 25.0. The van der Waals surface area contributed by atoms with Crippen molar-refractivity contribution >= 4 is 22.1 Å². The zero-order valence-electron chi connectivity index (χ0n) is 12.9. The Hall–Kier alpha value is -2.29. The Morgan fingerprint density at radius 3 is 2.86 bits per heavy atom. The molecule has 2 aliphatic carbocycles. The largest absolute Gasteiger partial charge is 0.497 e. The molecular weight excluding hydrogens is 274 g/mol. The Morgan fingerprint density at radius 2 is 2.09 bits per heavy atom. The second kappa shape index (κ2) is 4.60. The van der Waals surface area contributed by atoms with E-state index < -0.39 is 0 Å². The summed E-state index contributed by atoms with van der Waals surface area (Å²) in [5.74, 6) is 0.843. The van der Waals surface area contributed by atoms with Crippen LogP contribution in [0.3, 0.4) is 0 Å². The van der Waals surface area contributed by atoms with Gasteiger partial charge >= 0.3 is 0 Å². The summed E-state index contributed by atoms with van der Waals surface area (Å²) in [7, 11) is 1.68. The van der Waals surface area contributed by atoms with Crippen LogP contribution in [-0.2, 0) is 0 Å². The van der Waals surface area contributed by atoms with Crippen molar-refractivity contribution in [1.29, 1.82) is 0 Å². The van der Waals surface area contributed by atoms with Crippen LogP contribution < -0.4 is 4.74 Å². The van der Waals surface area contributed by atoms with Gasteiger partial charge in [-0.2, -0.15) is 0 Å². The van der Waals surface area contributed by atoms with E-state index in [4.69, 9.17) is 4.74 Å². The van der Waals surface area contributed by atoms with Gasteiger partial charge in [-0.3, -0.25) is 0 Å². The SMILES string of the molecule is COc1ccc2c3c(ccc2c1)C1=CCC[C@@]1(C)C/C3=N/O. The van der Waals surface area contributed by atoms with Gasteiger partial charge in [0.05, 0.1) is 12.8 Å². The summed E-state index contributed by atoms with van der Waals surface area (Å²) in [6.07, 6.45) is 5.38. The topological polar surface area (TPSA) is 41.8 Å². The minimum atomic E-state index is 0.106. The lowest BCUT2D eigenvalue weighted by Crippen LogP contribution is -2.27. The lowest BCUT2D eigenvalue weighted by molar-refractivity contribution is 0.313. The van der Waals surface area contributed by atoms with Crippen molar-refractivity contribution in [2.24, 2.45) is 10.6 Å². The molecule has 0 spiro atoms. The van der Waals surface area contributed by atoms with Gasteiger partial charge in [0.25, 0.3) is 0 Å². The highest BCUT2D eigenvalue weighted by atomic mass is 16.5. The fourth-order valence-corrected chi connectivity index (χ4v) is 4.05. The Kier molecular flexibility index (Phi) is 2.80. The van der Waals surface area contributed by atoms with Crippen molar-refractivity contribution in [3.8, 4) is 5.75 Å². The maximum atomic E-state index is 9.58. The lowest BCUT2D eigenvalue weighted by Gasteiger charge is -2.35. The van der Waals surface area contributed by atoms with Gasteiger partial charge in [-0.15, -0.1) is 0 Å². The van der Waals surface area contributed by atoms with Gasteiger partial charge in [0.15, 0.2) is 0 Å². The highest BCUT2D eigenvalue weighted by Gasteiger charge is 2.40. The van der Waals surface area contributed by atoms with Crippen LogP contribution in [0.1, 0.15) is 37.3 Å². The number of oxime groups is 1. The predicted octanol–water partition coefficient (Wildman–Crippen LogP) is 4.61. The number of fused-ring (bicyclic) bond motifs is 5. The van der Waals surface area contributed by atoms with Crippen molar-refractivity contribution in [1.82, 2.24) is 0 Å². The fourth-order valence-electron chi connectivity index (χ4n) is 4.05. The number of ether oxygens (including phenoxy) is 1. The molecule has 0 radical (unpaired) electrons. The molecule has 1 N–H and O–H groups in total. The average Bonchev–Trinajstić information content (AvgIpc) is 2.94. The maximum absolute atomic E-state index is 9.58. The molecule has 0 amide bonds. The molecule has 112 valence electrons. The monoisotopic (exact) mass is 293 g/mol. The van der Waals surface area contributed by atoms with Gasteiger partial charge in [0, 0.05) is 12.0 Å². The number of hydrogen-bond acceptors (Lipinski definition) is 3. The van der Waals surface area contributed by atoms with Crippen LogP contribution in [0.25, 0.3) is 16.3 Å². The molecule has 3 heteroatoms. The summed E-state index contributed by atoms with van der Waals surface area (Å²) >= 11 is 0. The quantitative estimate of drug-likeness (QED) is 0.616. The molecule has 22 heavy (non-hydrogen) atoms. The first kappa shape index (κ1) is 13.4. The van der Waals surface area contributed by atoms with Crippen LogP contribution in [0.4, 0.5) is 0 Å². The number of benzene rings is 2. The first-order valence-electron chi connectivity index (χ1n) is 7.69. The summed E-state index contributed by atoms with van der Waals surface area (Å²) in [5, 5.41) is 15.5. The van der Waals surface area contributed by atoms with Crippen molar-refractivity contribution in [2.45, 2.75) is 26.2 Å². The Bertz CT molecular complexity index is 835. The number of allylic oxidation sites excluding steroid dienone is 2. The van der Waals surface area contributed by atoms with Crippen LogP contribution in [0, 0.1) is 5.41 Å². The highest BCUT2D eigenvalue weighted by Crippen LogP contribution is 2.52. The van der Waals surface area contributed by atoms with Crippen LogP contribution >= 0.6 is 0 Å². The summed E-state index contributed by atoms with van der Waals surface area (Å²) in [6, 6.07) is 10.4. The summed E-state index contributed by atoms with van der Waals surface area (Å²) in [6.45, 7) is 2.28. The third-order valence-corrected chi connectivity index (χ3v) is 5.18. The standard InChI is InChI=1S/C19H19NO2/c1-19-9-3-4-16(19)15-7-5-12-10-13(22-2)6-8-14(12)18(15)17(11-19)20-21/h4-8,10,21H,3,9,11H2,1-2H3/b20-17-/t19-/m0/s1. The molecule has 0 aromatic heterocycles. The molecule has 0 heterocycles. The van der Waals surface area contributed by atoms with Crippen molar-refractivity contribution < 1.29 is 9.94 Å². The number of nitrogens with zero attached hydrogens (tertiary/aromatic N) is 1. The molecule has 0 aliphatic heterocycles. The highest BCUT2D eigenvalue weighted by molar-refractivity contribution is 6.17. The summed E-state index contributed by atoms with van der Waals surface area (Å²) in [4.78, 5) is 0. The molecule has 0 unspecified atom stereocenters. The van der Waals surface area contributed by atoms with Gasteiger partial charge in [-0.05, 0) is 52.3 Å². The third-order valence-electron chi connectivity index (χ3n) is 5.18. The molecule has 3 nitrogen and oxygen atoms in total. The van der Waals surface area contributed by atoms with Crippen LogP contribution in [0.15, 0.2) is 41.6 Å². The molecule has 2 aromatic carbocycles. The first-order chi connectivity index (χ1) is 10.7. The minimum Gasteiger partial charge on any atom is -0.497 e. The molecule has 2 aromatic rings. The lowest BCUT2D eigenvalue weighted by atomic mass is 9.68. The number of methoxy groups -OCH3 is 1. The van der Waals surface area contributed by atoms with E-state index in [1.54, 1.807) is 7.11 Å². The molecule has 4 rings (SSSR count). The maximum Gasteiger partial charge on any atom is 0.119 e. The van der Waals surface area contributed by atoms with E-state index in [0.29, 0.717) is 0 Å². The van der Waals surface area contributed by atoms with Crippen LogP contribution in [0.5, 0.6) is 5.75 Å². The predicted molar refractivity (Wildman–Crippen MR) is 88.8 cm³/mol. The number of rotatable bonds is 1. The second-order valence-electron chi connectivity index (χ2n) is 6.52. The van der Waals surface area contributed by atoms with E-state index in [-0.39, 0.29) is 5.41 Å². The molecule has 0 bridgehead atoms. The molecule has 0 saturated heterocycles. The first-order valence-corrected chi connectivity index (χ1v) is 7.69. The fraction of sp³-hybridized carbons (Fsp3) is 0.316. The average molecular weight is 293 g/mol. The van der Waals surface area contributed by atoms with E-state index in [2.05, 4.69) is 36.4 Å². The summed E-state index contributed by atoms with van der Waals surface area (Å²) < 4.78 is 5.31. The minimum absolute atomic E-state index is 0.106. The van der Waals surface area contributed by atoms with Gasteiger partial charge in [0.2, 0.25) is 0 Å². The van der Waals surface area contributed by atoms with Gasteiger partial charge in [0.1, 0.15) is 5.75 Å². The Labute approximate surface area is 129 Å². The van der Waals surface area contributed by atoms with Crippen molar-refractivity contribution in [3.05, 3.63) is 47.5 Å². The third kappa shape index (κ3) is 1.71. The smallest absolute Gasteiger partial charge is 0.119 e. The van der Waals surface area contributed by atoms with Crippen LogP contribution in [0.2, 0.25) is 0 Å². The van der Waals surface area contributed by atoms with Gasteiger partial charge < -0.3 is 9.94 Å². The Balaban J connectivity index is 2.04. The van der Waals surface area contributed by atoms with Gasteiger partial charge in [-0.25, -0.2) is 0 Å². The van der Waals surface area contributed by atoms with Gasteiger partial charge in [-0.1, -0.05) is 36.4 Å². The second-order valence-corrected chi connectivity index (χ2v) is 6.52. The molecule has 2 aliphatic rings. The summed E-state index contributed by atoms with van der Waals surface area (Å²) in [5.41, 5.74) is 4.61. The molecular formula is C19H19NO2. The van der Waals surface area contributed by atoms with E-state index in [9.17, 15) is 5.21 Å². The molecule has 0 fully saturated rings. The van der Waals surface area contributed by atoms with Crippen molar-refractivity contribution in [2.75, 3.05) is 7.11 Å². The number of hydrogen-bond donors (Lipinski definition) is 1. The van der Waals surface area contributed by atoms with E-state index in [1.165, 1.54) is 11.1 Å². The van der Waals surface area contributed by atoms with E-state index >= 15 is 0 Å². The zero-order valence-corrected chi connectivity index (χ0v) is 12.9. The van der Waals surface area contributed by atoms with Crippen molar-refractivity contribution in [3.63, 3.8) is 0 Å².